The lowest BCUT2D eigenvalue weighted by Gasteiger charge is -2.29. The third-order valence-corrected chi connectivity index (χ3v) is 3.65. The molecule has 1 aliphatic rings. The highest BCUT2D eigenvalue weighted by molar-refractivity contribution is 7.91. The Kier molecular flexibility index (Phi) is 2.17. The largest absolute Gasteiger partial charge is 0.341 e. The number of hydrogen-bond donors (Lipinski definition) is 0. The van der Waals surface area contributed by atoms with Crippen LogP contribution in [0.2, 0.25) is 0 Å². The zero-order chi connectivity index (χ0) is 8.48. The van der Waals surface area contributed by atoms with Crippen LogP contribution in [0.4, 0.5) is 0 Å². The Morgan fingerprint density at radius 2 is 2.18 bits per heavy atom. The second-order valence-corrected chi connectivity index (χ2v) is 5.04. The van der Waals surface area contributed by atoms with E-state index in [9.17, 15) is 13.2 Å². The molecular weight excluding hydrogens is 166 g/mol. The fraction of sp³-hybridized carbons (Fsp3) is 0.833. The van der Waals surface area contributed by atoms with Gasteiger partial charge in [-0.25, -0.2) is 8.42 Å². The summed E-state index contributed by atoms with van der Waals surface area (Å²) >= 11 is 0. The molecule has 1 aliphatic heterocycles. The third kappa shape index (κ3) is 1.92. The first-order valence-electron chi connectivity index (χ1n) is 3.46. The van der Waals surface area contributed by atoms with Gasteiger partial charge in [-0.1, -0.05) is 0 Å². The van der Waals surface area contributed by atoms with Gasteiger partial charge < -0.3 is 4.90 Å². The monoisotopic (exact) mass is 177 g/mol. The van der Waals surface area contributed by atoms with Gasteiger partial charge in [0.2, 0.25) is 6.41 Å². The number of carbonyl (C=O) groups excluding carboxylic acids is 1. The van der Waals surface area contributed by atoms with Crippen LogP contribution in [0.15, 0.2) is 0 Å². The maximum atomic E-state index is 11.0. The Labute approximate surface area is 66.1 Å². The van der Waals surface area contributed by atoms with Gasteiger partial charge >= 0.3 is 0 Å². The Hall–Kier alpha value is -0.580. The molecule has 11 heavy (non-hydrogen) atoms. The summed E-state index contributed by atoms with van der Waals surface area (Å²) in [4.78, 5) is 11.8. The molecular formula is C6H11NO3S. The van der Waals surface area contributed by atoms with Crippen LogP contribution < -0.4 is 0 Å². The van der Waals surface area contributed by atoms with E-state index in [0.717, 1.165) is 0 Å². The van der Waals surface area contributed by atoms with E-state index in [4.69, 9.17) is 0 Å². The predicted molar refractivity (Wildman–Crippen MR) is 40.9 cm³/mol. The minimum atomic E-state index is -2.88. The summed E-state index contributed by atoms with van der Waals surface area (Å²) in [5, 5.41) is 0. The third-order valence-electron chi connectivity index (χ3n) is 1.86. The normalized spacial score (nSPS) is 29.9. The second kappa shape index (κ2) is 2.81. The fourth-order valence-corrected chi connectivity index (χ4v) is 2.75. The summed E-state index contributed by atoms with van der Waals surface area (Å²) in [6.45, 7) is 2.08. The molecule has 0 N–H and O–H groups in total. The van der Waals surface area contributed by atoms with Gasteiger partial charge in [-0.05, 0) is 6.92 Å². The fourth-order valence-electron chi connectivity index (χ4n) is 1.17. The van der Waals surface area contributed by atoms with Crippen molar-refractivity contribution in [3.8, 4) is 0 Å². The molecule has 1 amide bonds. The van der Waals surface area contributed by atoms with Crippen LogP contribution in [0.3, 0.4) is 0 Å². The maximum absolute atomic E-state index is 11.0. The molecule has 0 bridgehead atoms. The number of rotatable bonds is 1. The van der Waals surface area contributed by atoms with E-state index in [1.54, 1.807) is 6.92 Å². The van der Waals surface area contributed by atoms with Crippen LogP contribution in [-0.2, 0) is 14.6 Å². The smallest absolute Gasteiger partial charge is 0.210 e. The lowest BCUT2D eigenvalue weighted by Crippen LogP contribution is -2.45. The van der Waals surface area contributed by atoms with E-state index in [-0.39, 0.29) is 17.5 Å². The zero-order valence-corrected chi connectivity index (χ0v) is 7.17. The maximum Gasteiger partial charge on any atom is 0.210 e. The second-order valence-electron chi connectivity index (χ2n) is 2.81. The van der Waals surface area contributed by atoms with Crippen molar-refractivity contribution in [2.45, 2.75) is 13.0 Å². The lowest BCUT2D eigenvalue weighted by atomic mass is 10.3. The molecule has 0 saturated carbocycles. The molecule has 1 saturated heterocycles. The Balaban J connectivity index is 2.69. The predicted octanol–water partition coefficient (Wildman–Crippen LogP) is -0.738. The topological polar surface area (TPSA) is 54.5 Å². The minimum absolute atomic E-state index is 0.103. The van der Waals surface area contributed by atoms with E-state index < -0.39 is 9.84 Å². The number of hydrogen-bond acceptors (Lipinski definition) is 3. The molecule has 4 nitrogen and oxygen atoms in total. The highest BCUT2D eigenvalue weighted by Gasteiger charge is 2.26. The van der Waals surface area contributed by atoms with E-state index in [1.807, 2.05) is 0 Å². The van der Waals surface area contributed by atoms with Crippen LogP contribution in [-0.4, -0.2) is 43.8 Å². The minimum Gasteiger partial charge on any atom is -0.341 e. The molecule has 0 radical (unpaired) electrons. The first-order valence-corrected chi connectivity index (χ1v) is 5.29. The molecule has 1 heterocycles. The van der Waals surface area contributed by atoms with Gasteiger partial charge in [-0.15, -0.1) is 0 Å². The van der Waals surface area contributed by atoms with Gasteiger partial charge in [-0.3, -0.25) is 4.79 Å². The molecule has 1 atom stereocenters. The van der Waals surface area contributed by atoms with Crippen LogP contribution >= 0.6 is 0 Å². The summed E-state index contributed by atoms with van der Waals surface area (Å²) in [5.74, 6) is 0.210. The summed E-state index contributed by atoms with van der Waals surface area (Å²) in [5.41, 5.74) is 0. The summed E-state index contributed by atoms with van der Waals surface area (Å²) < 4.78 is 22.0. The molecule has 64 valence electrons. The number of amides is 1. The van der Waals surface area contributed by atoms with E-state index in [0.29, 0.717) is 13.0 Å². The lowest BCUT2D eigenvalue weighted by molar-refractivity contribution is -0.119. The van der Waals surface area contributed by atoms with Crippen molar-refractivity contribution in [3.63, 3.8) is 0 Å². The highest BCUT2D eigenvalue weighted by atomic mass is 32.2. The molecule has 0 aromatic heterocycles. The Bertz CT molecular complexity index is 247. The molecule has 0 spiro atoms. The molecule has 1 fully saturated rings. The van der Waals surface area contributed by atoms with Gasteiger partial charge in [0.1, 0.15) is 0 Å². The molecule has 0 aromatic rings. The summed E-state index contributed by atoms with van der Waals surface area (Å²) in [6, 6.07) is -0.161. The van der Waals surface area contributed by atoms with Crippen LogP contribution in [0.25, 0.3) is 0 Å². The highest BCUT2D eigenvalue weighted by Crippen LogP contribution is 2.08. The SMILES string of the molecule is CC1CS(=O)(=O)CCN1C=O. The number of nitrogens with zero attached hydrogens (tertiary/aromatic N) is 1. The van der Waals surface area contributed by atoms with Crippen molar-refractivity contribution < 1.29 is 13.2 Å². The average molecular weight is 177 g/mol. The van der Waals surface area contributed by atoms with Crippen LogP contribution in [0.1, 0.15) is 6.92 Å². The van der Waals surface area contributed by atoms with Crippen molar-refractivity contribution in [1.82, 2.24) is 4.90 Å². The summed E-state index contributed by atoms with van der Waals surface area (Å²) in [7, 11) is -2.88. The molecule has 0 aromatic carbocycles. The van der Waals surface area contributed by atoms with Gasteiger partial charge in [0.05, 0.1) is 11.5 Å². The van der Waals surface area contributed by atoms with E-state index >= 15 is 0 Å². The van der Waals surface area contributed by atoms with Crippen molar-refractivity contribution >= 4 is 16.2 Å². The molecule has 0 aliphatic carbocycles. The van der Waals surface area contributed by atoms with Gasteiger partial charge in [0, 0.05) is 12.6 Å². The molecule has 1 rings (SSSR count). The number of carbonyl (C=O) groups is 1. The van der Waals surface area contributed by atoms with Crippen molar-refractivity contribution in [2.75, 3.05) is 18.1 Å². The standard InChI is InChI=1S/C6H11NO3S/c1-6-4-11(9,10)3-2-7(6)5-8/h5-6H,2-4H2,1H3. The average Bonchev–Trinajstić information content (AvgIpc) is 1.86. The zero-order valence-electron chi connectivity index (χ0n) is 6.36. The van der Waals surface area contributed by atoms with Crippen LogP contribution in [0, 0.1) is 0 Å². The first-order chi connectivity index (χ1) is 5.05. The van der Waals surface area contributed by atoms with Gasteiger partial charge in [0.15, 0.2) is 9.84 Å². The van der Waals surface area contributed by atoms with Gasteiger partial charge in [0.25, 0.3) is 0 Å². The van der Waals surface area contributed by atoms with Crippen molar-refractivity contribution in [2.24, 2.45) is 0 Å². The van der Waals surface area contributed by atoms with Gasteiger partial charge in [-0.2, -0.15) is 0 Å². The quantitative estimate of drug-likeness (QED) is 0.496. The van der Waals surface area contributed by atoms with Crippen LogP contribution in [0.5, 0.6) is 0 Å². The molecule has 1 unspecified atom stereocenters. The summed E-state index contributed by atoms with van der Waals surface area (Å²) in [6.07, 6.45) is 0.708. The van der Waals surface area contributed by atoms with E-state index in [2.05, 4.69) is 0 Å². The molecule has 5 heteroatoms. The Morgan fingerprint density at radius 1 is 1.55 bits per heavy atom. The number of sulfone groups is 1. The van der Waals surface area contributed by atoms with Crippen molar-refractivity contribution in [1.29, 1.82) is 0 Å². The Morgan fingerprint density at radius 3 is 2.64 bits per heavy atom. The van der Waals surface area contributed by atoms with Crippen molar-refractivity contribution in [3.05, 3.63) is 0 Å². The first kappa shape index (κ1) is 8.52. The van der Waals surface area contributed by atoms with E-state index in [1.165, 1.54) is 4.90 Å².